The Morgan fingerprint density at radius 1 is 1.05 bits per heavy atom. The quantitative estimate of drug-likeness (QED) is 0.257. The molecule has 0 spiro atoms. The predicted octanol–water partition coefficient (Wildman–Crippen LogP) is 5.59. The van der Waals surface area contributed by atoms with Gasteiger partial charge in [0, 0.05) is 23.1 Å². The molecule has 0 aliphatic heterocycles. The molecule has 2 aromatic carbocycles. The van der Waals surface area contributed by atoms with Crippen LogP contribution in [0.5, 0.6) is 0 Å². The number of hydrogen-bond donors (Lipinski definition) is 2. The molecule has 0 saturated heterocycles. The van der Waals surface area contributed by atoms with Crippen LogP contribution in [0.15, 0.2) is 65.1 Å². The Morgan fingerprint density at radius 3 is 2.46 bits per heavy atom. The first-order valence-electron chi connectivity index (χ1n) is 12.1. The number of anilines is 1. The molecule has 192 valence electrons. The summed E-state index contributed by atoms with van der Waals surface area (Å²) in [5, 5.41) is 17.8. The van der Waals surface area contributed by atoms with Gasteiger partial charge in [0.2, 0.25) is 5.91 Å². The molecule has 2 N–H and O–H groups in total. The SMILES string of the molecule is CCn1c(SCC(=O)Nc2nc(-c3ccc(C)cc3)cs2)nnc1[C@H](NC(=O)c1ccccc1)C(C)C. The first-order chi connectivity index (χ1) is 17.9. The van der Waals surface area contributed by atoms with E-state index < -0.39 is 0 Å². The molecular weight excluding hydrogens is 504 g/mol. The normalized spacial score (nSPS) is 11.9. The lowest BCUT2D eigenvalue weighted by atomic mass is 10.0. The first-order valence-corrected chi connectivity index (χ1v) is 14.0. The fourth-order valence-electron chi connectivity index (χ4n) is 3.75. The lowest BCUT2D eigenvalue weighted by Crippen LogP contribution is -2.33. The van der Waals surface area contributed by atoms with Gasteiger partial charge in [0.1, 0.15) is 0 Å². The number of carbonyl (C=O) groups excluding carboxylic acids is 2. The van der Waals surface area contributed by atoms with Crippen LogP contribution in [0.3, 0.4) is 0 Å². The fraction of sp³-hybridized carbons (Fsp3) is 0.296. The average Bonchev–Trinajstić information content (AvgIpc) is 3.53. The maximum Gasteiger partial charge on any atom is 0.251 e. The third-order valence-corrected chi connectivity index (χ3v) is 7.48. The van der Waals surface area contributed by atoms with Gasteiger partial charge in [0.05, 0.1) is 17.5 Å². The van der Waals surface area contributed by atoms with Gasteiger partial charge in [-0.25, -0.2) is 4.98 Å². The minimum Gasteiger partial charge on any atom is -0.342 e. The van der Waals surface area contributed by atoms with E-state index in [1.165, 1.54) is 28.7 Å². The molecule has 4 rings (SSSR count). The summed E-state index contributed by atoms with van der Waals surface area (Å²) in [6, 6.07) is 16.9. The first kappa shape index (κ1) is 26.6. The Morgan fingerprint density at radius 2 is 1.78 bits per heavy atom. The van der Waals surface area contributed by atoms with Gasteiger partial charge in [-0.05, 0) is 31.9 Å². The second-order valence-electron chi connectivity index (χ2n) is 8.89. The summed E-state index contributed by atoms with van der Waals surface area (Å²) in [6.07, 6.45) is 0. The zero-order valence-electron chi connectivity index (χ0n) is 21.3. The number of benzene rings is 2. The largest absolute Gasteiger partial charge is 0.342 e. The molecule has 0 radical (unpaired) electrons. The summed E-state index contributed by atoms with van der Waals surface area (Å²) in [7, 11) is 0. The van der Waals surface area contributed by atoms with Crippen molar-refractivity contribution in [3.05, 3.63) is 76.9 Å². The Kier molecular flexibility index (Phi) is 8.73. The number of aryl methyl sites for hydroxylation is 1. The number of nitrogens with one attached hydrogen (secondary N) is 2. The summed E-state index contributed by atoms with van der Waals surface area (Å²) in [4.78, 5) is 30.0. The molecular formula is C27H30N6O2S2. The molecule has 0 saturated carbocycles. The Hall–Kier alpha value is -3.50. The standard InChI is InChI=1S/C27H30N6O2S2/c1-5-33-24(23(17(2)3)30-25(35)20-9-7-6-8-10-20)31-32-27(33)37-16-22(34)29-26-28-21(15-36-26)19-13-11-18(4)12-14-19/h6-15,17,23H,5,16H2,1-4H3,(H,30,35)(H,28,29,34)/t23-/m1/s1. The number of hydrogen-bond acceptors (Lipinski definition) is 7. The van der Waals surface area contributed by atoms with Gasteiger partial charge in [0.25, 0.3) is 5.91 Å². The molecule has 37 heavy (non-hydrogen) atoms. The van der Waals surface area contributed by atoms with Crippen molar-refractivity contribution in [2.45, 2.75) is 45.4 Å². The van der Waals surface area contributed by atoms with Crippen LogP contribution in [-0.4, -0.2) is 37.3 Å². The maximum atomic E-state index is 12.8. The Labute approximate surface area is 224 Å². The van der Waals surface area contributed by atoms with E-state index in [9.17, 15) is 9.59 Å². The van der Waals surface area contributed by atoms with Crippen LogP contribution in [0.2, 0.25) is 0 Å². The molecule has 0 bridgehead atoms. The topological polar surface area (TPSA) is 102 Å². The van der Waals surface area contributed by atoms with Gasteiger partial charge in [-0.1, -0.05) is 73.6 Å². The lowest BCUT2D eigenvalue weighted by molar-refractivity contribution is -0.113. The van der Waals surface area contributed by atoms with Crippen molar-refractivity contribution >= 4 is 40.0 Å². The van der Waals surface area contributed by atoms with E-state index in [0.29, 0.717) is 28.2 Å². The van der Waals surface area contributed by atoms with Gasteiger partial charge in [-0.3, -0.25) is 9.59 Å². The molecule has 2 heterocycles. The van der Waals surface area contributed by atoms with Crippen LogP contribution in [0.25, 0.3) is 11.3 Å². The number of thiazole rings is 1. The van der Waals surface area contributed by atoms with E-state index >= 15 is 0 Å². The zero-order valence-corrected chi connectivity index (χ0v) is 22.9. The third-order valence-electron chi connectivity index (χ3n) is 5.76. The van der Waals surface area contributed by atoms with Crippen LogP contribution in [0.4, 0.5) is 5.13 Å². The number of amides is 2. The molecule has 8 nitrogen and oxygen atoms in total. The molecule has 10 heteroatoms. The van der Waals surface area contributed by atoms with Gasteiger partial charge in [0.15, 0.2) is 16.1 Å². The van der Waals surface area contributed by atoms with Crippen LogP contribution >= 0.6 is 23.1 Å². The van der Waals surface area contributed by atoms with Crippen molar-refractivity contribution in [2.75, 3.05) is 11.1 Å². The van der Waals surface area contributed by atoms with Crippen LogP contribution in [0.1, 0.15) is 48.6 Å². The second kappa shape index (κ2) is 12.2. The van der Waals surface area contributed by atoms with Crippen molar-refractivity contribution < 1.29 is 9.59 Å². The van der Waals surface area contributed by atoms with E-state index in [0.717, 1.165) is 11.3 Å². The highest BCUT2D eigenvalue weighted by atomic mass is 32.2. The van der Waals surface area contributed by atoms with Gasteiger partial charge in [-0.15, -0.1) is 21.5 Å². The number of carbonyl (C=O) groups is 2. The number of rotatable bonds is 10. The lowest BCUT2D eigenvalue weighted by Gasteiger charge is -2.22. The van der Waals surface area contributed by atoms with Crippen LogP contribution < -0.4 is 10.6 Å². The highest BCUT2D eigenvalue weighted by Crippen LogP contribution is 2.27. The summed E-state index contributed by atoms with van der Waals surface area (Å²) >= 11 is 2.71. The summed E-state index contributed by atoms with van der Waals surface area (Å²) < 4.78 is 1.95. The maximum absolute atomic E-state index is 12.8. The Bertz CT molecular complexity index is 1350. The highest BCUT2D eigenvalue weighted by molar-refractivity contribution is 7.99. The summed E-state index contributed by atoms with van der Waals surface area (Å²) in [5.41, 5.74) is 3.63. The van der Waals surface area contributed by atoms with Crippen molar-refractivity contribution in [2.24, 2.45) is 5.92 Å². The van der Waals surface area contributed by atoms with Crippen molar-refractivity contribution in [1.82, 2.24) is 25.1 Å². The fourth-order valence-corrected chi connectivity index (χ4v) is 5.30. The minimum atomic E-state index is -0.321. The van der Waals surface area contributed by atoms with Gasteiger partial charge in [-0.2, -0.15) is 0 Å². The summed E-state index contributed by atoms with van der Waals surface area (Å²) in [6.45, 7) is 8.71. The molecule has 4 aromatic rings. The van der Waals surface area contributed by atoms with Crippen molar-refractivity contribution in [3.8, 4) is 11.3 Å². The molecule has 2 amide bonds. The Balaban J connectivity index is 1.40. The molecule has 0 unspecified atom stereocenters. The number of thioether (sulfide) groups is 1. The minimum absolute atomic E-state index is 0.0935. The van der Waals surface area contributed by atoms with Gasteiger partial charge >= 0.3 is 0 Å². The molecule has 0 aliphatic rings. The van der Waals surface area contributed by atoms with Gasteiger partial charge < -0.3 is 15.2 Å². The van der Waals surface area contributed by atoms with E-state index in [4.69, 9.17) is 0 Å². The zero-order chi connectivity index (χ0) is 26.4. The average molecular weight is 535 g/mol. The number of nitrogens with zero attached hydrogens (tertiary/aromatic N) is 4. The molecule has 1 atom stereocenters. The monoisotopic (exact) mass is 534 g/mol. The van der Waals surface area contributed by atoms with E-state index in [-0.39, 0.29) is 29.5 Å². The second-order valence-corrected chi connectivity index (χ2v) is 10.7. The smallest absolute Gasteiger partial charge is 0.251 e. The van der Waals surface area contributed by atoms with E-state index in [1.54, 1.807) is 12.1 Å². The molecule has 2 aromatic heterocycles. The number of aromatic nitrogens is 4. The summed E-state index contributed by atoms with van der Waals surface area (Å²) in [5.74, 6) is 0.607. The van der Waals surface area contributed by atoms with Crippen LogP contribution in [0, 0.1) is 12.8 Å². The predicted molar refractivity (Wildman–Crippen MR) is 149 cm³/mol. The third kappa shape index (κ3) is 6.64. The van der Waals surface area contributed by atoms with E-state index in [2.05, 4.69) is 25.8 Å². The van der Waals surface area contributed by atoms with Crippen molar-refractivity contribution in [3.63, 3.8) is 0 Å². The van der Waals surface area contributed by atoms with Crippen molar-refractivity contribution in [1.29, 1.82) is 0 Å². The van der Waals surface area contributed by atoms with Crippen LogP contribution in [-0.2, 0) is 11.3 Å². The molecule has 0 fully saturated rings. The van der Waals surface area contributed by atoms with E-state index in [1.807, 2.05) is 80.1 Å². The molecule has 0 aliphatic carbocycles. The highest BCUT2D eigenvalue weighted by Gasteiger charge is 2.26.